The van der Waals surface area contributed by atoms with Crippen LogP contribution in [-0.2, 0) is 9.59 Å². The van der Waals surface area contributed by atoms with Crippen molar-refractivity contribution in [1.29, 1.82) is 0 Å². The minimum absolute atomic E-state index is 0.0271. The van der Waals surface area contributed by atoms with Crippen LogP contribution in [0.1, 0.15) is 59.3 Å². The highest BCUT2D eigenvalue weighted by Crippen LogP contribution is 2.26. The van der Waals surface area contributed by atoms with Crippen molar-refractivity contribution in [3.05, 3.63) is 0 Å². The molecule has 2 atom stereocenters. The Labute approximate surface area is 134 Å². The number of nitrogens with zero attached hydrogens (tertiary/aromatic N) is 1. The summed E-state index contributed by atoms with van der Waals surface area (Å²) in [5, 5.41) is 0. The Bertz CT molecular complexity index is 352. The molecule has 0 spiro atoms. The van der Waals surface area contributed by atoms with Crippen LogP contribution in [0.5, 0.6) is 0 Å². The molecule has 0 radical (unpaired) electrons. The van der Waals surface area contributed by atoms with Gasteiger partial charge in [0.25, 0.3) is 0 Å². The number of amides is 2. The van der Waals surface area contributed by atoms with Gasteiger partial charge in [-0.25, -0.2) is 0 Å². The summed E-state index contributed by atoms with van der Waals surface area (Å²) < 4.78 is 0. The van der Waals surface area contributed by atoms with Crippen LogP contribution in [0.25, 0.3) is 0 Å². The second kappa shape index (κ2) is 8.79. The molecule has 5 heteroatoms. The van der Waals surface area contributed by atoms with Crippen molar-refractivity contribution in [3.8, 4) is 0 Å². The lowest BCUT2D eigenvalue weighted by Crippen LogP contribution is -2.53. The van der Waals surface area contributed by atoms with Crippen LogP contribution >= 0.6 is 12.6 Å². The van der Waals surface area contributed by atoms with E-state index in [9.17, 15) is 9.59 Å². The first-order chi connectivity index (χ1) is 9.88. The van der Waals surface area contributed by atoms with Gasteiger partial charge in [-0.15, -0.1) is 0 Å². The lowest BCUT2D eigenvalue weighted by Gasteiger charge is -2.36. The van der Waals surface area contributed by atoms with Gasteiger partial charge in [-0.3, -0.25) is 14.5 Å². The first kappa shape index (κ1) is 18.5. The van der Waals surface area contributed by atoms with E-state index in [2.05, 4.69) is 26.5 Å². The van der Waals surface area contributed by atoms with Gasteiger partial charge in [0.1, 0.15) is 0 Å². The van der Waals surface area contributed by atoms with Gasteiger partial charge in [0, 0.05) is 17.7 Å². The van der Waals surface area contributed by atoms with E-state index in [1.54, 1.807) is 6.92 Å². The molecule has 0 heterocycles. The molecule has 122 valence electrons. The van der Waals surface area contributed by atoms with Crippen molar-refractivity contribution in [2.75, 3.05) is 5.75 Å². The van der Waals surface area contributed by atoms with Gasteiger partial charge >= 0.3 is 0 Å². The average Bonchev–Trinajstić information content (AvgIpc) is 2.45. The van der Waals surface area contributed by atoms with Gasteiger partial charge in [0.05, 0.1) is 6.04 Å². The lowest BCUT2D eigenvalue weighted by molar-refractivity contribution is -0.151. The number of nitrogens with two attached hydrogens (primary N) is 1. The molecule has 0 aromatic rings. The zero-order chi connectivity index (χ0) is 16.0. The monoisotopic (exact) mass is 314 g/mol. The molecule has 0 aromatic carbocycles. The number of rotatable bonds is 6. The van der Waals surface area contributed by atoms with Crippen LogP contribution in [0.3, 0.4) is 0 Å². The summed E-state index contributed by atoms with van der Waals surface area (Å²) >= 11 is 4.32. The number of hydrogen-bond donors (Lipinski definition) is 2. The number of carbonyl (C=O) groups is 2. The predicted octanol–water partition coefficient (Wildman–Crippen LogP) is 2.61. The zero-order valence-electron chi connectivity index (χ0n) is 13.5. The molecule has 4 nitrogen and oxygen atoms in total. The topological polar surface area (TPSA) is 63.4 Å². The van der Waals surface area contributed by atoms with E-state index < -0.39 is 6.04 Å². The Hall–Kier alpha value is -0.550. The maximum absolute atomic E-state index is 12.9. The molecule has 1 aliphatic rings. The summed E-state index contributed by atoms with van der Waals surface area (Å²) in [5.74, 6) is 0.380. The Kier molecular flexibility index (Phi) is 7.74. The maximum Gasteiger partial charge on any atom is 0.246 e. The Balaban J connectivity index is 2.92. The second-order valence-electron chi connectivity index (χ2n) is 6.64. The average molecular weight is 314 g/mol. The van der Waals surface area contributed by atoms with Crippen LogP contribution in [0.4, 0.5) is 0 Å². The summed E-state index contributed by atoms with van der Waals surface area (Å²) in [4.78, 5) is 26.8. The van der Waals surface area contributed by atoms with E-state index in [1.807, 2.05) is 0 Å². The first-order valence-electron chi connectivity index (χ1n) is 8.11. The fourth-order valence-corrected chi connectivity index (χ4v) is 3.35. The highest BCUT2D eigenvalue weighted by Gasteiger charge is 2.35. The van der Waals surface area contributed by atoms with Crippen LogP contribution in [-0.4, -0.2) is 34.6 Å². The molecular weight excluding hydrogens is 284 g/mol. The largest absolute Gasteiger partial charge is 0.320 e. The molecule has 2 N–H and O–H groups in total. The molecule has 1 aliphatic carbocycles. The number of carbonyl (C=O) groups excluding carboxylic acids is 2. The fourth-order valence-electron chi connectivity index (χ4n) is 3.05. The molecule has 0 aliphatic heterocycles. The van der Waals surface area contributed by atoms with Gasteiger partial charge in [0.2, 0.25) is 11.8 Å². The van der Waals surface area contributed by atoms with Crippen molar-refractivity contribution in [2.45, 2.75) is 71.4 Å². The third-order valence-corrected chi connectivity index (χ3v) is 4.57. The van der Waals surface area contributed by atoms with Crippen LogP contribution < -0.4 is 5.73 Å². The highest BCUT2D eigenvalue weighted by molar-refractivity contribution is 7.80. The Morgan fingerprint density at radius 1 is 1.14 bits per heavy atom. The van der Waals surface area contributed by atoms with Crippen LogP contribution in [0.2, 0.25) is 0 Å². The molecule has 0 aromatic heterocycles. The molecule has 1 saturated carbocycles. The molecule has 0 saturated heterocycles. The SMILES string of the molecule is CC(C)C[C@@H](CS)C(=O)N(C(=O)[C@H](C)N)C1CCCCC1. The maximum atomic E-state index is 12.9. The van der Waals surface area contributed by atoms with Crippen molar-refractivity contribution >= 4 is 24.4 Å². The molecule has 1 fully saturated rings. The van der Waals surface area contributed by atoms with Crippen LogP contribution in [0.15, 0.2) is 0 Å². The van der Waals surface area contributed by atoms with Gasteiger partial charge in [-0.1, -0.05) is 33.1 Å². The number of imide groups is 1. The number of thiol groups is 1. The fraction of sp³-hybridized carbons (Fsp3) is 0.875. The smallest absolute Gasteiger partial charge is 0.246 e. The van der Waals surface area contributed by atoms with E-state index in [4.69, 9.17) is 5.73 Å². The van der Waals surface area contributed by atoms with Crippen LogP contribution in [0, 0.1) is 11.8 Å². The quantitative estimate of drug-likeness (QED) is 0.741. The molecule has 0 unspecified atom stereocenters. The predicted molar refractivity (Wildman–Crippen MR) is 89.2 cm³/mol. The van der Waals surface area contributed by atoms with E-state index in [1.165, 1.54) is 11.3 Å². The van der Waals surface area contributed by atoms with E-state index >= 15 is 0 Å². The summed E-state index contributed by atoms with van der Waals surface area (Å²) in [6, 6.07) is -0.602. The van der Waals surface area contributed by atoms with Gasteiger partial charge in [-0.05, 0) is 32.1 Å². The van der Waals surface area contributed by atoms with Crippen molar-refractivity contribution in [1.82, 2.24) is 4.90 Å². The minimum Gasteiger partial charge on any atom is -0.320 e. The summed E-state index contributed by atoms with van der Waals surface area (Å²) in [5.41, 5.74) is 5.76. The molecule has 1 rings (SSSR count). The van der Waals surface area contributed by atoms with E-state index in [0.717, 1.165) is 32.1 Å². The summed E-state index contributed by atoms with van der Waals surface area (Å²) in [6.45, 7) is 5.83. The normalized spacial score (nSPS) is 19.3. The first-order valence-corrected chi connectivity index (χ1v) is 8.75. The minimum atomic E-state index is -0.629. The number of hydrogen-bond acceptors (Lipinski definition) is 4. The third-order valence-electron chi connectivity index (χ3n) is 4.13. The van der Waals surface area contributed by atoms with Gasteiger partial charge < -0.3 is 5.73 Å². The summed E-state index contributed by atoms with van der Waals surface area (Å²) in [7, 11) is 0. The van der Waals surface area contributed by atoms with E-state index in [0.29, 0.717) is 11.7 Å². The molecule has 0 bridgehead atoms. The third kappa shape index (κ3) is 5.29. The zero-order valence-corrected chi connectivity index (χ0v) is 14.4. The molecule has 21 heavy (non-hydrogen) atoms. The highest BCUT2D eigenvalue weighted by atomic mass is 32.1. The Morgan fingerprint density at radius 3 is 2.14 bits per heavy atom. The van der Waals surface area contributed by atoms with Gasteiger partial charge in [-0.2, -0.15) is 12.6 Å². The van der Waals surface area contributed by atoms with E-state index in [-0.39, 0.29) is 23.8 Å². The van der Waals surface area contributed by atoms with Crippen molar-refractivity contribution < 1.29 is 9.59 Å². The lowest BCUT2D eigenvalue weighted by atomic mass is 9.91. The second-order valence-corrected chi connectivity index (χ2v) is 7.00. The van der Waals surface area contributed by atoms with Gasteiger partial charge in [0.15, 0.2) is 0 Å². The Morgan fingerprint density at radius 2 is 1.71 bits per heavy atom. The standard InChI is InChI=1S/C16H30N2O2S/c1-11(2)9-13(10-21)16(20)18(15(19)12(3)17)14-7-5-4-6-8-14/h11-14,21H,4-10,17H2,1-3H3/t12-,13-/m0/s1. The van der Waals surface area contributed by atoms with Crippen molar-refractivity contribution in [3.63, 3.8) is 0 Å². The summed E-state index contributed by atoms with van der Waals surface area (Å²) in [6.07, 6.45) is 5.92. The molecular formula is C16H30N2O2S. The van der Waals surface area contributed by atoms with Crippen molar-refractivity contribution in [2.24, 2.45) is 17.6 Å². The molecule has 2 amide bonds.